The van der Waals surface area contributed by atoms with E-state index in [1.165, 1.54) is 0 Å². The number of ether oxygens (including phenoxy) is 1. The second-order valence-corrected chi connectivity index (χ2v) is 4.16. The molecule has 1 aromatic rings. The standard InChI is InChI=1S/C10H18N4O/c1-8(2)14-10(12-7-13-14)5-11-9-3-4-15-6-9/h7-9,11H,3-6H2,1-2H3. The van der Waals surface area contributed by atoms with Crippen molar-refractivity contribution >= 4 is 0 Å². The van der Waals surface area contributed by atoms with Crippen LogP contribution in [0.5, 0.6) is 0 Å². The molecular weight excluding hydrogens is 192 g/mol. The quantitative estimate of drug-likeness (QED) is 0.796. The summed E-state index contributed by atoms with van der Waals surface area (Å²) in [4.78, 5) is 4.25. The van der Waals surface area contributed by atoms with Gasteiger partial charge in [-0.05, 0) is 20.3 Å². The molecule has 1 aromatic heterocycles. The van der Waals surface area contributed by atoms with Crippen molar-refractivity contribution in [3.05, 3.63) is 12.2 Å². The molecule has 1 unspecified atom stereocenters. The van der Waals surface area contributed by atoms with Gasteiger partial charge in [0.2, 0.25) is 0 Å². The van der Waals surface area contributed by atoms with Crippen molar-refractivity contribution in [3.8, 4) is 0 Å². The molecule has 84 valence electrons. The number of hydrogen-bond acceptors (Lipinski definition) is 4. The van der Waals surface area contributed by atoms with Crippen LogP contribution >= 0.6 is 0 Å². The second kappa shape index (κ2) is 4.72. The molecule has 2 heterocycles. The van der Waals surface area contributed by atoms with E-state index < -0.39 is 0 Å². The number of hydrogen-bond donors (Lipinski definition) is 1. The molecule has 1 fully saturated rings. The Kier molecular flexibility index (Phi) is 3.33. The fourth-order valence-corrected chi connectivity index (χ4v) is 1.76. The van der Waals surface area contributed by atoms with Crippen molar-refractivity contribution in [2.75, 3.05) is 13.2 Å². The van der Waals surface area contributed by atoms with E-state index in [1.807, 2.05) is 4.68 Å². The van der Waals surface area contributed by atoms with Crippen molar-refractivity contribution < 1.29 is 4.74 Å². The van der Waals surface area contributed by atoms with Gasteiger partial charge in [-0.25, -0.2) is 9.67 Å². The molecule has 1 aliphatic heterocycles. The van der Waals surface area contributed by atoms with Crippen LogP contribution in [0.4, 0.5) is 0 Å². The van der Waals surface area contributed by atoms with E-state index in [-0.39, 0.29) is 0 Å². The predicted octanol–water partition coefficient (Wildman–Crippen LogP) is 0.738. The lowest BCUT2D eigenvalue weighted by atomic mass is 10.2. The minimum absolute atomic E-state index is 0.365. The van der Waals surface area contributed by atoms with Crippen LogP contribution in [0.2, 0.25) is 0 Å². The highest BCUT2D eigenvalue weighted by molar-refractivity contribution is 4.87. The molecule has 1 aliphatic rings. The Morgan fingerprint density at radius 3 is 3.20 bits per heavy atom. The first-order chi connectivity index (χ1) is 7.27. The summed E-state index contributed by atoms with van der Waals surface area (Å²) < 4.78 is 7.25. The maximum atomic E-state index is 5.30. The highest BCUT2D eigenvalue weighted by Crippen LogP contribution is 2.07. The average Bonchev–Trinajstić information content (AvgIpc) is 2.86. The lowest BCUT2D eigenvalue weighted by Gasteiger charge is -2.12. The summed E-state index contributed by atoms with van der Waals surface area (Å²) in [7, 11) is 0. The Labute approximate surface area is 89.8 Å². The van der Waals surface area contributed by atoms with Crippen LogP contribution < -0.4 is 5.32 Å². The third-order valence-corrected chi connectivity index (χ3v) is 2.61. The van der Waals surface area contributed by atoms with Gasteiger partial charge in [-0.15, -0.1) is 0 Å². The largest absolute Gasteiger partial charge is 0.380 e. The molecule has 1 N–H and O–H groups in total. The molecular formula is C10H18N4O. The van der Waals surface area contributed by atoms with Crippen LogP contribution in [0.25, 0.3) is 0 Å². The smallest absolute Gasteiger partial charge is 0.141 e. The zero-order chi connectivity index (χ0) is 10.7. The average molecular weight is 210 g/mol. The van der Waals surface area contributed by atoms with Gasteiger partial charge in [-0.2, -0.15) is 5.10 Å². The third kappa shape index (κ3) is 2.54. The molecule has 0 saturated carbocycles. The fourth-order valence-electron chi connectivity index (χ4n) is 1.76. The van der Waals surface area contributed by atoms with Crippen LogP contribution in [0.1, 0.15) is 32.1 Å². The lowest BCUT2D eigenvalue weighted by molar-refractivity contribution is 0.189. The normalized spacial score (nSPS) is 21.4. The molecule has 1 saturated heterocycles. The first kappa shape index (κ1) is 10.6. The Morgan fingerprint density at radius 2 is 2.53 bits per heavy atom. The molecule has 0 spiro atoms. The van der Waals surface area contributed by atoms with E-state index >= 15 is 0 Å². The minimum atomic E-state index is 0.365. The monoisotopic (exact) mass is 210 g/mol. The zero-order valence-electron chi connectivity index (χ0n) is 9.31. The Morgan fingerprint density at radius 1 is 1.67 bits per heavy atom. The fraction of sp³-hybridized carbons (Fsp3) is 0.800. The summed E-state index contributed by atoms with van der Waals surface area (Å²) in [5, 5.41) is 7.63. The molecule has 0 amide bonds. The molecule has 2 rings (SSSR count). The first-order valence-corrected chi connectivity index (χ1v) is 5.47. The summed E-state index contributed by atoms with van der Waals surface area (Å²) >= 11 is 0. The molecule has 0 radical (unpaired) electrons. The SMILES string of the molecule is CC(C)n1ncnc1CNC1CCOC1. The van der Waals surface area contributed by atoms with Gasteiger partial charge in [-0.1, -0.05) is 0 Å². The molecule has 15 heavy (non-hydrogen) atoms. The minimum Gasteiger partial charge on any atom is -0.380 e. The topological polar surface area (TPSA) is 52.0 Å². The summed E-state index contributed by atoms with van der Waals surface area (Å²) in [6.45, 7) is 6.67. The molecule has 5 nitrogen and oxygen atoms in total. The van der Waals surface area contributed by atoms with Crippen LogP contribution in [-0.4, -0.2) is 34.0 Å². The number of aromatic nitrogens is 3. The van der Waals surface area contributed by atoms with E-state index in [0.717, 1.165) is 32.0 Å². The summed E-state index contributed by atoms with van der Waals surface area (Å²) in [5.74, 6) is 0.997. The number of rotatable bonds is 4. The van der Waals surface area contributed by atoms with Gasteiger partial charge in [0.15, 0.2) is 0 Å². The Bertz CT molecular complexity index is 304. The Balaban J connectivity index is 1.89. The van der Waals surface area contributed by atoms with Gasteiger partial charge in [0, 0.05) is 18.7 Å². The molecule has 1 atom stereocenters. The molecule has 5 heteroatoms. The van der Waals surface area contributed by atoms with E-state index in [0.29, 0.717) is 12.1 Å². The van der Waals surface area contributed by atoms with Gasteiger partial charge in [0.25, 0.3) is 0 Å². The maximum absolute atomic E-state index is 5.30. The van der Waals surface area contributed by atoms with Crippen LogP contribution in [0, 0.1) is 0 Å². The van der Waals surface area contributed by atoms with Gasteiger partial charge in [-0.3, -0.25) is 0 Å². The Hall–Kier alpha value is -0.940. The van der Waals surface area contributed by atoms with Crippen LogP contribution in [-0.2, 0) is 11.3 Å². The van der Waals surface area contributed by atoms with Crippen LogP contribution in [0.15, 0.2) is 6.33 Å². The van der Waals surface area contributed by atoms with E-state index in [1.54, 1.807) is 6.33 Å². The van der Waals surface area contributed by atoms with Gasteiger partial charge in [0.05, 0.1) is 13.2 Å². The van der Waals surface area contributed by atoms with Gasteiger partial charge in [0.1, 0.15) is 12.2 Å². The number of nitrogens with one attached hydrogen (secondary N) is 1. The van der Waals surface area contributed by atoms with E-state index in [9.17, 15) is 0 Å². The highest BCUT2D eigenvalue weighted by atomic mass is 16.5. The second-order valence-electron chi connectivity index (χ2n) is 4.16. The van der Waals surface area contributed by atoms with Crippen molar-refractivity contribution in [3.63, 3.8) is 0 Å². The van der Waals surface area contributed by atoms with Crippen molar-refractivity contribution in [2.24, 2.45) is 0 Å². The number of nitrogens with zero attached hydrogens (tertiary/aromatic N) is 3. The van der Waals surface area contributed by atoms with Gasteiger partial charge < -0.3 is 10.1 Å². The third-order valence-electron chi connectivity index (χ3n) is 2.61. The highest BCUT2D eigenvalue weighted by Gasteiger charge is 2.16. The lowest BCUT2D eigenvalue weighted by Crippen LogP contribution is -2.30. The molecule has 0 aromatic carbocycles. The summed E-state index contributed by atoms with van der Waals surface area (Å²) in [6, 6.07) is 0.839. The van der Waals surface area contributed by atoms with E-state index in [2.05, 4.69) is 29.2 Å². The van der Waals surface area contributed by atoms with Crippen molar-refractivity contribution in [1.29, 1.82) is 0 Å². The summed E-state index contributed by atoms with van der Waals surface area (Å²) in [6.07, 6.45) is 2.71. The predicted molar refractivity (Wildman–Crippen MR) is 56.5 cm³/mol. The van der Waals surface area contributed by atoms with Crippen LogP contribution in [0.3, 0.4) is 0 Å². The van der Waals surface area contributed by atoms with E-state index in [4.69, 9.17) is 4.74 Å². The molecule has 0 aliphatic carbocycles. The zero-order valence-corrected chi connectivity index (χ0v) is 9.31. The van der Waals surface area contributed by atoms with Gasteiger partial charge >= 0.3 is 0 Å². The first-order valence-electron chi connectivity index (χ1n) is 5.47. The van der Waals surface area contributed by atoms with Crippen molar-refractivity contribution in [2.45, 2.75) is 38.9 Å². The van der Waals surface area contributed by atoms with Crippen molar-refractivity contribution in [1.82, 2.24) is 20.1 Å². The summed E-state index contributed by atoms with van der Waals surface area (Å²) in [5.41, 5.74) is 0. The molecule has 0 bridgehead atoms. The maximum Gasteiger partial charge on any atom is 0.141 e.